The second-order valence-corrected chi connectivity index (χ2v) is 19.8. The maximum absolute atomic E-state index is 12.2. The van der Waals surface area contributed by atoms with Crippen LogP contribution in [0, 0.1) is 0 Å². The van der Waals surface area contributed by atoms with Crippen molar-refractivity contribution >= 4 is 24.4 Å². The van der Waals surface area contributed by atoms with Crippen LogP contribution >= 0.6 is 0 Å². The average Bonchev–Trinajstić information content (AvgIpc) is 3.43. The summed E-state index contributed by atoms with van der Waals surface area (Å²) in [5.74, 6) is -1.92. The number of carbonyl (C=O) groups is 2. The predicted molar refractivity (Wildman–Crippen MR) is 282 cm³/mol. The van der Waals surface area contributed by atoms with E-state index in [1.807, 2.05) is 48.6 Å². The third-order valence-corrected chi connectivity index (χ3v) is 13.7. The Kier molecular flexibility index (Phi) is 40.3. The van der Waals surface area contributed by atoms with Crippen molar-refractivity contribution in [3.05, 3.63) is 118 Å². The van der Waals surface area contributed by atoms with Gasteiger partial charge in [-0.2, -0.15) is 13.2 Å². The SMILES string of the molecule is CCO.NC[C@H](O)[C@@H](O)c1cccc(/C=C/C2(O)CCCCC2)c1.NC[C@H](O)[C@@H](O)c1cccc(CCC2(O)CCCCC2)c1.O=C(CC[C@H](O)[C@@H](O)c1cccc(/C=C/C2(O)CCCCC2)c1)C(F)(F)F.O=CO[O-].[H-].[K+].[K+]. The minimum atomic E-state index is -4.94. The Morgan fingerprint density at radius 3 is 1.38 bits per heavy atom. The van der Waals surface area contributed by atoms with Crippen molar-refractivity contribution in [1.82, 2.24) is 0 Å². The van der Waals surface area contributed by atoms with Crippen molar-refractivity contribution in [2.24, 2.45) is 11.5 Å². The number of aliphatic hydroxyl groups is 10. The van der Waals surface area contributed by atoms with Gasteiger partial charge >= 0.3 is 109 Å². The predicted octanol–water partition coefficient (Wildman–Crippen LogP) is -0.330. The van der Waals surface area contributed by atoms with E-state index in [0.29, 0.717) is 35.1 Å². The number of aryl methyl sites for hydroxylation is 1. The van der Waals surface area contributed by atoms with Crippen LogP contribution in [0.5, 0.6) is 0 Å². The summed E-state index contributed by atoms with van der Waals surface area (Å²) in [6.45, 7) is 1.80. The monoisotopic (exact) mass is 1160 g/mol. The zero-order valence-corrected chi connectivity index (χ0v) is 52.0. The number of halogens is 3. The van der Waals surface area contributed by atoms with Gasteiger partial charge in [-0.1, -0.05) is 143 Å². The summed E-state index contributed by atoms with van der Waals surface area (Å²) in [5, 5.41) is 107. The first-order chi connectivity index (χ1) is 36.0. The molecule has 0 heterocycles. The maximum Gasteiger partial charge on any atom is 1.00 e. The summed E-state index contributed by atoms with van der Waals surface area (Å²) >= 11 is 0. The number of hydrogen-bond donors (Lipinski definition) is 12. The fourth-order valence-electron chi connectivity index (χ4n) is 9.13. The van der Waals surface area contributed by atoms with E-state index in [0.717, 1.165) is 94.6 Å². The van der Waals surface area contributed by atoms with Gasteiger partial charge in [-0.25, -0.2) is 0 Å². The molecule has 6 rings (SSSR count). The molecule has 0 amide bonds. The van der Waals surface area contributed by atoms with Crippen LogP contribution in [0.1, 0.15) is 176 Å². The molecule has 6 atom stereocenters. The summed E-state index contributed by atoms with van der Waals surface area (Å²) < 4.78 is 36.7. The largest absolute Gasteiger partial charge is 1.00 e. The molecule has 3 saturated carbocycles. The number of rotatable bonds is 19. The molecule has 0 unspecified atom stereocenters. The Balaban J connectivity index is 0. The molecule has 0 bridgehead atoms. The van der Waals surface area contributed by atoms with Gasteiger partial charge in [-0.05, 0) is 110 Å². The van der Waals surface area contributed by atoms with Crippen LogP contribution < -0.4 is 119 Å². The van der Waals surface area contributed by atoms with Gasteiger partial charge in [-0.3, -0.25) is 9.59 Å². The Morgan fingerprint density at radius 1 is 0.654 bits per heavy atom. The molecule has 21 heteroatoms. The average molecular weight is 1160 g/mol. The van der Waals surface area contributed by atoms with Crippen molar-refractivity contribution < 1.29 is 188 Å². The summed E-state index contributed by atoms with van der Waals surface area (Å²) in [6, 6.07) is 21.4. The normalized spacial score (nSPS) is 18.7. The topological polar surface area (TPSA) is 321 Å². The van der Waals surface area contributed by atoms with E-state index in [-0.39, 0.29) is 130 Å². The Hall–Kier alpha value is -1.18. The number of hydrogen-bond acceptors (Lipinski definition) is 16. The van der Waals surface area contributed by atoms with Gasteiger partial charge in [0, 0.05) is 26.1 Å². The standard InChI is InChI=1S/C20H25F3O4.C17H27NO3.C17H25NO3.C2H6O.CH2O3.2K.H/c21-20(22,23)17(25)8-7-16(24)18(26)15-6-4-5-14(13-15)9-12-19(27)10-2-1-3-11-19;2*18-12-15(19)16(20)14-6-4-5-13(11-14)7-10-17(21)8-2-1-3-9-17;1-2-3;2-1-4-3;;;/h4-6,9,12-13,16,18,24,26-27H,1-3,7-8,10-11H2;4-6,11,15-16,19-21H,1-3,7-10,12,18H2;4-7,10-11,15-16,19-21H,1-3,8-9,12,18H2;3H,2H2,1H3;1,3H;;;/q;;;;;2*+1;-1/p-1/b12-9+;;10-7+;;;;;/t16-,18-;2*15-,16-;;;;;/m000...../s1. The summed E-state index contributed by atoms with van der Waals surface area (Å²) in [7, 11) is 0. The van der Waals surface area contributed by atoms with Crippen LogP contribution in [0.2, 0.25) is 0 Å². The van der Waals surface area contributed by atoms with Crippen LogP contribution in [0.15, 0.2) is 84.9 Å². The van der Waals surface area contributed by atoms with Gasteiger partial charge in [0.1, 0.15) is 18.3 Å². The molecule has 0 saturated heterocycles. The van der Waals surface area contributed by atoms with Crippen LogP contribution in [0.25, 0.3) is 12.2 Å². The fraction of sp³-hybridized carbons (Fsp3) is 0.579. The number of carbonyl (C=O) groups excluding carboxylic acids is 2. The van der Waals surface area contributed by atoms with E-state index in [1.165, 1.54) is 12.8 Å². The van der Waals surface area contributed by atoms with E-state index in [9.17, 15) is 63.9 Å². The van der Waals surface area contributed by atoms with Gasteiger partial charge in [0.15, 0.2) is 0 Å². The fourth-order valence-corrected chi connectivity index (χ4v) is 9.13. The smallest absolute Gasteiger partial charge is 1.00 e. The molecule has 3 aromatic rings. The Bertz CT molecular complexity index is 2160. The third kappa shape index (κ3) is 29.9. The first-order valence-corrected chi connectivity index (χ1v) is 26.3. The molecule has 14 N–H and O–H groups in total. The van der Waals surface area contributed by atoms with Crippen molar-refractivity contribution in [1.29, 1.82) is 0 Å². The second kappa shape index (κ2) is 40.9. The molecule has 0 spiro atoms. The van der Waals surface area contributed by atoms with Crippen LogP contribution in [-0.4, -0.2) is 124 Å². The van der Waals surface area contributed by atoms with Crippen LogP contribution in [0.4, 0.5) is 13.2 Å². The molecule has 0 radical (unpaired) electrons. The van der Waals surface area contributed by atoms with Gasteiger partial charge in [-0.15, -0.1) is 0 Å². The molecule has 3 fully saturated rings. The molecular weight excluding hydrogens is 1070 g/mol. The summed E-state index contributed by atoms with van der Waals surface area (Å²) in [6.07, 6.45) is 10.3. The molecule has 3 aliphatic rings. The van der Waals surface area contributed by atoms with E-state index in [2.05, 4.69) is 4.89 Å². The minimum absolute atomic E-state index is 0. The van der Waals surface area contributed by atoms with Gasteiger partial charge < -0.3 is 74.1 Å². The van der Waals surface area contributed by atoms with Crippen molar-refractivity contribution in [2.75, 3.05) is 19.7 Å². The van der Waals surface area contributed by atoms with Gasteiger partial charge in [0.25, 0.3) is 6.47 Å². The quantitative estimate of drug-likeness (QED) is 0.0317. The molecule has 430 valence electrons. The number of aliphatic hydroxyl groups excluding tert-OH is 7. The molecule has 0 aliphatic heterocycles. The number of nitrogens with two attached hydrogens (primary N) is 2. The first kappa shape index (κ1) is 76.8. The van der Waals surface area contributed by atoms with Gasteiger partial charge in [0.05, 0.1) is 35.1 Å². The summed E-state index contributed by atoms with van der Waals surface area (Å²) in [5.41, 5.74) is 13.0. The third-order valence-electron chi connectivity index (χ3n) is 13.7. The van der Waals surface area contributed by atoms with E-state index < -0.39 is 78.2 Å². The Morgan fingerprint density at radius 2 is 1.01 bits per heavy atom. The summed E-state index contributed by atoms with van der Waals surface area (Å²) in [4.78, 5) is 22.1. The van der Waals surface area contributed by atoms with Crippen molar-refractivity contribution in [2.45, 2.75) is 189 Å². The van der Waals surface area contributed by atoms with E-state index in [4.69, 9.17) is 26.6 Å². The minimum Gasteiger partial charge on any atom is -1.00 e. The van der Waals surface area contributed by atoms with Gasteiger partial charge in [0.2, 0.25) is 5.78 Å². The first-order valence-electron chi connectivity index (χ1n) is 26.3. The number of benzene rings is 3. The second-order valence-electron chi connectivity index (χ2n) is 19.8. The number of ketones is 1. The number of alkyl halides is 3. The Labute approximate surface area is 544 Å². The molecule has 0 aromatic heterocycles. The van der Waals surface area contributed by atoms with Crippen LogP contribution in [0.3, 0.4) is 0 Å². The van der Waals surface area contributed by atoms with Crippen molar-refractivity contribution in [3.63, 3.8) is 0 Å². The molecule has 3 aromatic carbocycles. The zero-order chi connectivity index (χ0) is 56.8. The number of Topliss-reactive ketones (excluding diaryl/α,β-unsaturated/α-hetero) is 1. The van der Waals surface area contributed by atoms with Crippen molar-refractivity contribution in [3.8, 4) is 0 Å². The molecule has 3 aliphatic carbocycles. The molecular formula is C57H85F3K2N2O14. The van der Waals surface area contributed by atoms with E-state index in [1.54, 1.807) is 55.5 Å². The van der Waals surface area contributed by atoms with Crippen LogP contribution in [-0.2, 0) is 20.9 Å². The van der Waals surface area contributed by atoms with E-state index >= 15 is 0 Å². The molecule has 16 nitrogen and oxygen atoms in total. The zero-order valence-electron chi connectivity index (χ0n) is 46.7. The maximum atomic E-state index is 12.2. The molecule has 78 heavy (non-hydrogen) atoms.